The third kappa shape index (κ3) is 3.07. The van der Waals surface area contributed by atoms with Crippen LogP contribution < -0.4 is 0 Å². The van der Waals surface area contributed by atoms with Crippen molar-refractivity contribution in [3.63, 3.8) is 0 Å². The van der Waals surface area contributed by atoms with Crippen molar-refractivity contribution in [1.29, 1.82) is 15.8 Å². The highest BCUT2D eigenvalue weighted by Gasteiger charge is 2.03. The van der Waals surface area contributed by atoms with Crippen LogP contribution in [0.3, 0.4) is 0 Å². The van der Waals surface area contributed by atoms with Crippen molar-refractivity contribution in [3.8, 4) is 29.5 Å². The van der Waals surface area contributed by atoms with Crippen LogP contribution in [-0.4, -0.2) is 4.57 Å². The highest BCUT2D eigenvalue weighted by atomic mass is 14.9. The van der Waals surface area contributed by atoms with Crippen LogP contribution in [-0.2, 0) is 0 Å². The molecule has 0 aliphatic heterocycles. The Hall–Kier alpha value is -3.55. The first-order chi connectivity index (χ1) is 10.3. The number of benzene rings is 1. The van der Waals surface area contributed by atoms with Gasteiger partial charge in [0.1, 0.15) is 23.8 Å². The second-order valence-corrected chi connectivity index (χ2v) is 4.11. The molecule has 0 aliphatic carbocycles. The van der Waals surface area contributed by atoms with E-state index < -0.39 is 0 Å². The molecule has 1 heterocycles. The number of hydrogen-bond acceptors (Lipinski definition) is 3. The fourth-order valence-electron chi connectivity index (χ4n) is 1.85. The first-order valence-corrected chi connectivity index (χ1v) is 6.15. The molecule has 4 heteroatoms. The molecule has 0 saturated carbocycles. The Kier molecular flexibility index (Phi) is 4.34. The van der Waals surface area contributed by atoms with Crippen molar-refractivity contribution in [3.05, 3.63) is 65.9 Å². The summed E-state index contributed by atoms with van der Waals surface area (Å²) in [7, 11) is 0. The van der Waals surface area contributed by atoms with E-state index in [-0.39, 0.29) is 11.1 Å². The van der Waals surface area contributed by atoms with Crippen molar-refractivity contribution in [2.45, 2.75) is 0 Å². The van der Waals surface area contributed by atoms with Gasteiger partial charge in [0, 0.05) is 12.4 Å². The molecule has 1 aromatic heterocycles. The summed E-state index contributed by atoms with van der Waals surface area (Å²) in [6.07, 6.45) is 4.97. The second-order valence-electron chi connectivity index (χ2n) is 4.11. The minimum atomic E-state index is -0.192. The molecule has 0 aliphatic rings. The molecule has 0 spiro atoms. The van der Waals surface area contributed by atoms with Gasteiger partial charge in [-0.15, -0.1) is 0 Å². The maximum atomic E-state index is 9.00. The van der Waals surface area contributed by atoms with Crippen LogP contribution in [0.5, 0.6) is 0 Å². The van der Waals surface area contributed by atoms with Gasteiger partial charge in [-0.05, 0) is 23.8 Å². The summed E-state index contributed by atoms with van der Waals surface area (Å²) in [5.41, 5.74) is 1.85. The van der Waals surface area contributed by atoms with E-state index >= 15 is 0 Å². The van der Waals surface area contributed by atoms with Crippen LogP contribution in [0.15, 0.2) is 65.9 Å². The van der Waals surface area contributed by atoms with Gasteiger partial charge in [-0.2, -0.15) is 15.8 Å². The molecule has 1 aromatic carbocycles. The van der Waals surface area contributed by atoms with Gasteiger partial charge in [-0.3, -0.25) is 0 Å². The van der Waals surface area contributed by atoms with Crippen LogP contribution in [0.1, 0.15) is 0 Å². The Labute approximate surface area is 122 Å². The predicted molar refractivity (Wildman–Crippen MR) is 79.1 cm³/mol. The quantitative estimate of drug-likeness (QED) is 0.632. The van der Waals surface area contributed by atoms with E-state index in [2.05, 4.69) is 0 Å². The highest BCUT2D eigenvalue weighted by Crippen LogP contribution is 2.20. The number of nitriles is 3. The molecule has 0 amide bonds. The van der Waals surface area contributed by atoms with E-state index in [9.17, 15) is 0 Å². The van der Waals surface area contributed by atoms with E-state index in [1.165, 1.54) is 6.08 Å². The van der Waals surface area contributed by atoms with E-state index in [4.69, 9.17) is 15.8 Å². The summed E-state index contributed by atoms with van der Waals surface area (Å²) in [5, 5.41) is 26.6. The average molecular weight is 270 g/mol. The molecule has 0 saturated heterocycles. The normalized spacial score (nSPS) is 9.57. The van der Waals surface area contributed by atoms with Gasteiger partial charge in [0.05, 0.1) is 11.3 Å². The number of hydrogen-bond donors (Lipinski definition) is 0. The third-order valence-corrected chi connectivity index (χ3v) is 2.86. The van der Waals surface area contributed by atoms with Crippen LogP contribution in [0.2, 0.25) is 0 Å². The molecule has 2 aromatic rings. The molecule has 0 radical (unpaired) electrons. The fourth-order valence-corrected chi connectivity index (χ4v) is 1.85. The number of rotatable bonds is 3. The predicted octanol–water partition coefficient (Wildman–Crippen LogP) is 3.49. The maximum absolute atomic E-state index is 9.00. The zero-order valence-electron chi connectivity index (χ0n) is 11.1. The van der Waals surface area contributed by atoms with Crippen LogP contribution in [0, 0.1) is 34.0 Å². The van der Waals surface area contributed by atoms with Gasteiger partial charge in [0.2, 0.25) is 0 Å². The number of aromatic nitrogens is 1. The average Bonchev–Trinajstić information content (AvgIpc) is 3.00. The molecule has 0 N–H and O–H groups in total. The van der Waals surface area contributed by atoms with Crippen molar-refractivity contribution in [2.75, 3.05) is 0 Å². The maximum Gasteiger partial charge on any atom is 0.147 e. The summed E-state index contributed by atoms with van der Waals surface area (Å²) in [5.74, 6) is 0. The van der Waals surface area contributed by atoms with Gasteiger partial charge >= 0.3 is 0 Å². The lowest BCUT2D eigenvalue weighted by atomic mass is 10.1. The third-order valence-electron chi connectivity index (χ3n) is 2.86. The first kappa shape index (κ1) is 13.9. The number of allylic oxidation sites excluding steroid dienone is 3. The van der Waals surface area contributed by atoms with E-state index in [0.29, 0.717) is 0 Å². The molecule has 98 valence electrons. The molecule has 21 heavy (non-hydrogen) atoms. The summed E-state index contributed by atoms with van der Waals surface area (Å²) in [6.45, 7) is 0. The monoisotopic (exact) mass is 270 g/mol. The van der Waals surface area contributed by atoms with Crippen LogP contribution >= 0.6 is 0 Å². The van der Waals surface area contributed by atoms with Crippen molar-refractivity contribution in [2.24, 2.45) is 0 Å². The first-order valence-electron chi connectivity index (χ1n) is 6.15. The molecule has 4 nitrogen and oxygen atoms in total. The van der Waals surface area contributed by atoms with Gasteiger partial charge in [0.15, 0.2) is 0 Å². The molecule has 0 atom stereocenters. The summed E-state index contributed by atoms with van der Waals surface area (Å²) >= 11 is 0. The lowest BCUT2D eigenvalue weighted by Gasteiger charge is -2.03. The Bertz CT molecular complexity index is 802. The minimum absolute atomic E-state index is 0.0488. The van der Waals surface area contributed by atoms with Gasteiger partial charge < -0.3 is 4.57 Å². The highest BCUT2D eigenvalue weighted by molar-refractivity contribution is 5.64. The second kappa shape index (κ2) is 6.57. The van der Waals surface area contributed by atoms with E-state index in [1.807, 2.05) is 59.3 Å². The zero-order chi connectivity index (χ0) is 15.1. The van der Waals surface area contributed by atoms with Crippen LogP contribution in [0.4, 0.5) is 0 Å². The Balaban J connectivity index is 2.40. The van der Waals surface area contributed by atoms with E-state index in [0.717, 1.165) is 11.3 Å². The largest absolute Gasteiger partial charge is 0.323 e. The topological polar surface area (TPSA) is 76.3 Å². The SMILES string of the molecule is N#CC(C#N)=C(C#N)/C=C/n1cccc1-c1ccccc1. The molecular weight excluding hydrogens is 260 g/mol. The Morgan fingerprint density at radius 2 is 1.62 bits per heavy atom. The lowest BCUT2D eigenvalue weighted by Crippen LogP contribution is -1.89. The standard InChI is InChI=1S/C17H10N4/c18-11-15(16(12-19)13-20)8-10-21-9-4-7-17(21)14-5-2-1-3-6-14/h1-10H/b10-8+. The van der Waals surface area contributed by atoms with Gasteiger partial charge in [0.25, 0.3) is 0 Å². The number of nitrogens with zero attached hydrogens (tertiary/aromatic N) is 4. The molecule has 0 fully saturated rings. The molecule has 2 rings (SSSR count). The van der Waals surface area contributed by atoms with Crippen LogP contribution in [0.25, 0.3) is 17.5 Å². The lowest BCUT2D eigenvalue weighted by molar-refractivity contribution is 1.17. The van der Waals surface area contributed by atoms with Gasteiger partial charge in [-0.1, -0.05) is 30.3 Å². The zero-order valence-corrected chi connectivity index (χ0v) is 11.1. The molecule has 0 bridgehead atoms. The Morgan fingerprint density at radius 1 is 0.905 bits per heavy atom. The van der Waals surface area contributed by atoms with Crippen molar-refractivity contribution >= 4 is 6.20 Å². The van der Waals surface area contributed by atoms with Crippen molar-refractivity contribution < 1.29 is 0 Å². The van der Waals surface area contributed by atoms with Gasteiger partial charge in [-0.25, -0.2) is 0 Å². The Morgan fingerprint density at radius 3 is 2.24 bits per heavy atom. The van der Waals surface area contributed by atoms with Crippen molar-refractivity contribution in [1.82, 2.24) is 4.57 Å². The molecular formula is C17H10N4. The smallest absolute Gasteiger partial charge is 0.147 e. The minimum Gasteiger partial charge on any atom is -0.323 e. The van der Waals surface area contributed by atoms with E-state index in [1.54, 1.807) is 18.3 Å². The summed E-state index contributed by atoms with van der Waals surface area (Å²) in [6, 6.07) is 18.9. The fraction of sp³-hybridized carbons (Fsp3) is 0. The molecule has 0 unspecified atom stereocenters. The summed E-state index contributed by atoms with van der Waals surface area (Å²) in [4.78, 5) is 0. The summed E-state index contributed by atoms with van der Waals surface area (Å²) < 4.78 is 1.83.